The van der Waals surface area contributed by atoms with E-state index in [2.05, 4.69) is 19.1 Å². The van der Waals surface area contributed by atoms with Gasteiger partial charge in [0.15, 0.2) is 11.6 Å². The van der Waals surface area contributed by atoms with E-state index in [4.69, 9.17) is 0 Å². The van der Waals surface area contributed by atoms with Crippen LogP contribution < -0.4 is 0 Å². The van der Waals surface area contributed by atoms with Crippen molar-refractivity contribution in [3.63, 3.8) is 0 Å². The summed E-state index contributed by atoms with van der Waals surface area (Å²) in [4.78, 5) is 0. The van der Waals surface area contributed by atoms with Gasteiger partial charge in [-0.15, -0.1) is 0 Å². The quantitative estimate of drug-likeness (QED) is 0.242. The van der Waals surface area contributed by atoms with Crippen LogP contribution in [0.2, 0.25) is 0 Å². The van der Waals surface area contributed by atoms with Gasteiger partial charge in [-0.1, -0.05) is 63.7 Å². The topological polar surface area (TPSA) is 0 Å². The Hall–Kier alpha value is -1.18. The minimum absolute atomic E-state index is 0.715. The Morgan fingerprint density at radius 3 is 1.87 bits per heavy atom. The molecule has 0 atom stereocenters. The van der Waals surface area contributed by atoms with Gasteiger partial charge in [-0.05, 0) is 106 Å². The maximum Gasteiger partial charge on any atom is 0.159 e. The third-order valence-corrected chi connectivity index (χ3v) is 7.98. The van der Waals surface area contributed by atoms with Gasteiger partial charge in [0.05, 0.1) is 0 Å². The van der Waals surface area contributed by atoms with Gasteiger partial charge in [-0.3, -0.25) is 0 Å². The molecule has 0 spiro atoms. The third kappa shape index (κ3) is 8.70. The number of aryl methyl sites for hydroxylation is 1. The first-order valence-electron chi connectivity index (χ1n) is 13.3. The lowest BCUT2D eigenvalue weighted by molar-refractivity contribution is 0.282. The molecule has 0 N–H and O–H groups in total. The highest BCUT2D eigenvalue weighted by Gasteiger charge is 2.22. The van der Waals surface area contributed by atoms with Gasteiger partial charge >= 0.3 is 0 Å². The summed E-state index contributed by atoms with van der Waals surface area (Å²) in [5, 5.41) is 0. The number of hydrogen-bond donors (Lipinski definition) is 0. The first kappa shape index (κ1) is 24.5. The number of benzene rings is 1. The number of hydrogen-bond acceptors (Lipinski definition) is 0. The van der Waals surface area contributed by atoms with E-state index >= 15 is 0 Å². The van der Waals surface area contributed by atoms with Gasteiger partial charge in [0.2, 0.25) is 0 Å². The highest BCUT2D eigenvalue weighted by atomic mass is 19.2. The van der Waals surface area contributed by atoms with Crippen molar-refractivity contribution in [2.24, 2.45) is 23.7 Å². The van der Waals surface area contributed by atoms with E-state index in [9.17, 15) is 8.78 Å². The minimum atomic E-state index is -0.744. The van der Waals surface area contributed by atoms with Crippen molar-refractivity contribution in [3.8, 4) is 0 Å². The van der Waals surface area contributed by atoms with E-state index < -0.39 is 11.6 Å². The van der Waals surface area contributed by atoms with E-state index in [1.165, 1.54) is 102 Å². The molecule has 0 heterocycles. The number of allylic oxidation sites excluding steroid dienone is 2. The molecule has 174 valence electrons. The normalized spacial score (nSPS) is 27.1. The van der Waals surface area contributed by atoms with Crippen molar-refractivity contribution in [2.75, 3.05) is 0 Å². The Balaban J connectivity index is 1.27. The van der Waals surface area contributed by atoms with Crippen molar-refractivity contribution >= 4 is 0 Å². The molecule has 0 radical (unpaired) electrons. The Morgan fingerprint density at radius 1 is 0.710 bits per heavy atom. The summed E-state index contributed by atoms with van der Waals surface area (Å²) in [6, 6.07) is 4.35. The highest BCUT2D eigenvalue weighted by Crippen LogP contribution is 2.35. The second-order valence-corrected chi connectivity index (χ2v) is 10.4. The standard InChI is InChI=1S/C29H44F2/c1-2-3-4-5-6-7-23-8-10-24(11-9-23)12-13-25-14-16-26(17-15-25)18-19-27-20-21-28(30)29(31)22-27/h12-13,20-26H,2-11,14-19H2,1H3/t23-,24-,25-,26-. The molecular formula is C29H44F2. The van der Waals surface area contributed by atoms with E-state index in [1.54, 1.807) is 6.07 Å². The first-order valence-corrected chi connectivity index (χ1v) is 13.3. The van der Waals surface area contributed by atoms with Crippen LogP contribution in [0, 0.1) is 35.3 Å². The summed E-state index contributed by atoms with van der Waals surface area (Å²) >= 11 is 0. The highest BCUT2D eigenvalue weighted by molar-refractivity contribution is 5.17. The third-order valence-electron chi connectivity index (χ3n) is 7.98. The van der Waals surface area contributed by atoms with Crippen LogP contribution in [-0.2, 0) is 6.42 Å². The second-order valence-electron chi connectivity index (χ2n) is 10.4. The smallest absolute Gasteiger partial charge is 0.159 e. The molecule has 0 nitrogen and oxygen atoms in total. The minimum Gasteiger partial charge on any atom is -0.204 e. The summed E-state index contributed by atoms with van der Waals surface area (Å²) in [6.45, 7) is 2.29. The molecule has 0 aliphatic heterocycles. The van der Waals surface area contributed by atoms with Crippen molar-refractivity contribution < 1.29 is 8.78 Å². The maximum atomic E-state index is 13.4. The van der Waals surface area contributed by atoms with Crippen LogP contribution in [0.1, 0.15) is 109 Å². The lowest BCUT2D eigenvalue weighted by Gasteiger charge is -2.29. The molecule has 31 heavy (non-hydrogen) atoms. The zero-order valence-corrected chi connectivity index (χ0v) is 19.8. The van der Waals surface area contributed by atoms with E-state index in [0.717, 1.165) is 42.1 Å². The van der Waals surface area contributed by atoms with Crippen LogP contribution in [0.3, 0.4) is 0 Å². The predicted octanol–water partition coefficient (Wildman–Crippen LogP) is 9.43. The molecular weight excluding hydrogens is 386 g/mol. The maximum absolute atomic E-state index is 13.4. The average Bonchev–Trinajstić information content (AvgIpc) is 2.80. The molecule has 2 heteroatoms. The fourth-order valence-electron chi connectivity index (χ4n) is 5.76. The zero-order chi connectivity index (χ0) is 21.9. The van der Waals surface area contributed by atoms with Crippen LogP contribution >= 0.6 is 0 Å². The van der Waals surface area contributed by atoms with Crippen molar-refractivity contribution in [2.45, 2.75) is 110 Å². The molecule has 0 amide bonds. The summed E-state index contributed by atoms with van der Waals surface area (Å²) in [5.74, 6) is 1.86. The molecule has 0 aromatic heterocycles. The molecule has 2 fully saturated rings. The number of halogens is 2. The van der Waals surface area contributed by atoms with Gasteiger partial charge in [-0.2, -0.15) is 0 Å². The SMILES string of the molecule is CCCCCCC[C@H]1CC[C@H](C=C[C@H]2CC[C@H](CCc3ccc(F)c(F)c3)CC2)CC1. The molecule has 0 unspecified atom stereocenters. The predicted molar refractivity (Wildman–Crippen MR) is 128 cm³/mol. The molecule has 0 saturated heterocycles. The Morgan fingerprint density at radius 2 is 1.29 bits per heavy atom. The number of rotatable bonds is 11. The Bertz CT molecular complexity index is 649. The molecule has 1 aromatic rings. The second kappa shape index (κ2) is 13.4. The van der Waals surface area contributed by atoms with Gasteiger partial charge in [0.1, 0.15) is 0 Å². The largest absolute Gasteiger partial charge is 0.204 e. The van der Waals surface area contributed by atoms with Crippen molar-refractivity contribution in [3.05, 3.63) is 47.5 Å². The molecule has 0 bridgehead atoms. The van der Waals surface area contributed by atoms with Crippen LogP contribution in [-0.4, -0.2) is 0 Å². The van der Waals surface area contributed by atoms with Crippen LogP contribution in [0.4, 0.5) is 8.78 Å². The summed E-state index contributed by atoms with van der Waals surface area (Å²) in [7, 11) is 0. The Kier molecular flexibility index (Phi) is 10.6. The molecule has 2 aliphatic carbocycles. The first-order chi connectivity index (χ1) is 15.1. The van der Waals surface area contributed by atoms with Gasteiger partial charge in [0, 0.05) is 0 Å². The van der Waals surface area contributed by atoms with Crippen molar-refractivity contribution in [1.29, 1.82) is 0 Å². The monoisotopic (exact) mass is 430 g/mol. The summed E-state index contributed by atoms with van der Waals surface area (Å²) in [5.41, 5.74) is 0.928. The van der Waals surface area contributed by atoms with E-state index in [0.29, 0.717) is 0 Å². The molecule has 2 saturated carbocycles. The van der Waals surface area contributed by atoms with Gasteiger partial charge < -0.3 is 0 Å². The zero-order valence-electron chi connectivity index (χ0n) is 19.8. The fraction of sp³-hybridized carbons (Fsp3) is 0.724. The van der Waals surface area contributed by atoms with E-state index in [1.807, 2.05) is 0 Å². The average molecular weight is 431 g/mol. The summed E-state index contributed by atoms with van der Waals surface area (Å²) < 4.78 is 26.4. The van der Waals surface area contributed by atoms with Gasteiger partial charge in [0.25, 0.3) is 0 Å². The molecule has 2 aliphatic rings. The van der Waals surface area contributed by atoms with E-state index in [-0.39, 0.29) is 0 Å². The fourth-order valence-corrected chi connectivity index (χ4v) is 5.76. The summed E-state index contributed by atoms with van der Waals surface area (Å²) in [6.07, 6.45) is 26.5. The van der Waals surface area contributed by atoms with Crippen LogP contribution in [0.15, 0.2) is 30.4 Å². The van der Waals surface area contributed by atoms with Gasteiger partial charge in [-0.25, -0.2) is 8.78 Å². The molecule has 1 aromatic carbocycles. The lowest BCUT2D eigenvalue weighted by atomic mass is 9.77. The molecule has 3 rings (SSSR count). The Labute approximate surface area is 189 Å². The van der Waals surface area contributed by atoms with Crippen LogP contribution in [0.25, 0.3) is 0 Å². The number of unbranched alkanes of at least 4 members (excludes halogenated alkanes) is 4. The van der Waals surface area contributed by atoms with Crippen LogP contribution in [0.5, 0.6) is 0 Å². The van der Waals surface area contributed by atoms with Crippen molar-refractivity contribution in [1.82, 2.24) is 0 Å². The lowest BCUT2D eigenvalue weighted by Crippen LogP contribution is -2.15.